The van der Waals surface area contributed by atoms with Crippen molar-refractivity contribution in [1.29, 1.82) is 0 Å². The van der Waals surface area contributed by atoms with E-state index in [4.69, 9.17) is 11.6 Å². The lowest BCUT2D eigenvalue weighted by Gasteiger charge is -2.03. The van der Waals surface area contributed by atoms with Crippen LogP contribution in [-0.4, -0.2) is 6.21 Å². The van der Waals surface area contributed by atoms with Gasteiger partial charge >= 0.3 is 0 Å². The Bertz CT molecular complexity index is 600. The van der Waals surface area contributed by atoms with Crippen LogP contribution in [0.25, 0.3) is 0 Å². The third kappa shape index (κ3) is 3.38. The van der Waals surface area contributed by atoms with Crippen LogP contribution in [0.15, 0.2) is 41.4 Å². The third-order valence-corrected chi connectivity index (χ3v) is 3.11. The molecule has 0 N–H and O–H groups in total. The number of aliphatic imine (C=N–C) groups is 1. The highest BCUT2D eigenvalue weighted by atomic mass is 35.5. The van der Waals surface area contributed by atoms with Crippen molar-refractivity contribution in [2.45, 2.75) is 13.5 Å². The number of benzene rings is 2. The van der Waals surface area contributed by atoms with E-state index in [-0.39, 0.29) is 0 Å². The summed E-state index contributed by atoms with van der Waals surface area (Å²) in [6.07, 6.45) is 1.41. The molecule has 2 aromatic carbocycles. The largest absolute Gasteiger partial charge is 0.288 e. The van der Waals surface area contributed by atoms with E-state index in [9.17, 15) is 8.78 Å². The lowest BCUT2D eigenvalue weighted by atomic mass is 10.1. The van der Waals surface area contributed by atoms with Crippen molar-refractivity contribution in [1.82, 2.24) is 0 Å². The van der Waals surface area contributed by atoms with Crippen LogP contribution in [0.4, 0.5) is 8.78 Å². The molecule has 2 rings (SSSR count). The maximum absolute atomic E-state index is 13.6. The first-order valence-corrected chi connectivity index (χ1v) is 6.14. The molecule has 0 unspecified atom stereocenters. The van der Waals surface area contributed by atoms with Crippen LogP contribution in [0.1, 0.15) is 16.7 Å². The van der Waals surface area contributed by atoms with Gasteiger partial charge in [-0.25, -0.2) is 8.78 Å². The maximum atomic E-state index is 13.6. The van der Waals surface area contributed by atoms with E-state index in [2.05, 4.69) is 4.99 Å². The van der Waals surface area contributed by atoms with Gasteiger partial charge in [0, 0.05) is 22.9 Å². The van der Waals surface area contributed by atoms with E-state index in [1.165, 1.54) is 12.3 Å². The molecular weight excluding hydrogens is 268 g/mol. The van der Waals surface area contributed by atoms with Gasteiger partial charge in [0.1, 0.15) is 11.6 Å². The number of rotatable bonds is 3. The topological polar surface area (TPSA) is 12.4 Å². The fourth-order valence-corrected chi connectivity index (χ4v) is 1.93. The van der Waals surface area contributed by atoms with Crippen molar-refractivity contribution in [3.63, 3.8) is 0 Å². The van der Waals surface area contributed by atoms with Crippen molar-refractivity contribution in [2.24, 2.45) is 4.99 Å². The Balaban J connectivity index is 2.18. The van der Waals surface area contributed by atoms with E-state index in [0.29, 0.717) is 22.7 Å². The number of hydrogen-bond acceptors (Lipinski definition) is 1. The zero-order valence-corrected chi connectivity index (χ0v) is 11.1. The quantitative estimate of drug-likeness (QED) is 0.731. The molecule has 19 heavy (non-hydrogen) atoms. The molecule has 0 aliphatic carbocycles. The van der Waals surface area contributed by atoms with Gasteiger partial charge in [-0.15, -0.1) is 0 Å². The third-order valence-electron chi connectivity index (χ3n) is 2.74. The fraction of sp³-hybridized carbons (Fsp3) is 0.133. The second-order valence-electron chi connectivity index (χ2n) is 4.18. The van der Waals surface area contributed by atoms with Gasteiger partial charge < -0.3 is 0 Å². The molecule has 98 valence electrons. The summed E-state index contributed by atoms with van der Waals surface area (Å²) in [4.78, 5) is 4.15. The summed E-state index contributed by atoms with van der Waals surface area (Å²) < 4.78 is 26.5. The Morgan fingerprint density at radius 1 is 1.21 bits per heavy atom. The van der Waals surface area contributed by atoms with Gasteiger partial charge in [-0.3, -0.25) is 4.99 Å². The van der Waals surface area contributed by atoms with Gasteiger partial charge in [0.05, 0.1) is 6.54 Å². The summed E-state index contributed by atoms with van der Waals surface area (Å²) in [6, 6.07) is 9.45. The first-order chi connectivity index (χ1) is 9.08. The minimum atomic E-state index is -0.611. The summed E-state index contributed by atoms with van der Waals surface area (Å²) >= 11 is 5.99. The first-order valence-electron chi connectivity index (χ1n) is 5.77. The molecule has 0 fully saturated rings. The van der Waals surface area contributed by atoms with Gasteiger partial charge in [-0.05, 0) is 30.2 Å². The SMILES string of the molecule is Cc1cc(F)cc(F)c1C=NCc1ccccc1Cl. The summed E-state index contributed by atoms with van der Waals surface area (Å²) in [6.45, 7) is 2.00. The van der Waals surface area contributed by atoms with Crippen molar-refractivity contribution in [3.8, 4) is 0 Å². The lowest BCUT2D eigenvalue weighted by molar-refractivity contribution is 0.580. The Morgan fingerprint density at radius 2 is 1.95 bits per heavy atom. The van der Waals surface area contributed by atoms with Crippen molar-refractivity contribution >= 4 is 17.8 Å². The molecule has 0 saturated heterocycles. The number of halogens is 3. The molecule has 0 heterocycles. The van der Waals surface area contributed by atoms with E-state index < -0.39 is 11.6 Å². The smallest absolute Gasteiger partial charge is 0.135 e. The molecule has 0 bridgehead atoms. The highest BCUT2D eigenvalue weighted by Gasteiger charge is 2.06. The van der Waals surface area contributed by atoms with Crippen molar-refractivity contribution in [2.75, 3.05) is 0 Å². The van der Waals surface area contributed by atoms with E-state index >= 15 is 0 Å². The highest BCUT2D eigenvalue weighted by Crippen LogP contribution is 2.17. The Kier molecular flexibility index (Phi) is 4.27. The molecule has 1 nitrogen and oxygen atoms in total. The van der Waals surface area contributed by atoms with Gasteiger partial charge in [0.2, 0.25) is 0 Å². The minimum Gasteiger partial charge on any atom is -0.288 e. The van der Waals surface area contributed by atoms with Crippen molar-refractivity contribution in [3.05, 3.63) is 69.7 Å². The fourth-order valence-electron chi connectivity index (χ4n) is 1.74. The molecular formula is C15H12ClF2N. The molecule has 0 saturated carbocycles. The molecule has 0 radical (unpaired) electrons. The van der Waals surface area contributed by atoms with E-state index in [1.54, 1.807) is 13.0 Å². The second kappa shape index (κ2) is 5.93. The van der Waals surface area contributed by atoms with Crippen LogP contribution in [0.2, 0.25) is 5.02 Å². The predicted molar refractivity (Wildman–Crippen MR) is 73.8 cm³/mol. The molecule has 0 amide bonds. The second-order valence-corrected chi connectivity index (χ2v) is 4.59. The number of nitrogens with zero attached hydrogens (tertiary/aromatic N) is 1. The molecule has 0 aromatic heterocycles. The maximum Gasteiger partial charge on any atom is 0.135 e. The zero-order chi connectivity index (χ0) is 13.8. The average Bonchev–Trinajstić information content (AvgIpc) is 2.34. The average molecular weight is 280 g/mol. The summed E-state index contributed by atoms with van der Waals surface area (Å²) in [5, 5.41) is 0.621. The predicted octanol–water partition coefficient (Wildman–Crippen LogP) is 4.55. The standard InChI is InChI=1S/C15H12ClF2N/c1-10-6-12(17)7-15(18)13(10)9-19-8-11-4-2-3-5-14(11)16/h2-7,9H,8H2,1H3. The summed E-state index contributed by atoms with van der Waals surface area (Å²) in [5.74, 6) is -1.20. The van der Waals surface area contributed by atoms with Crippen LogP contribution in [0, 0.1) is 18.6 Å². The molecule has 0 atom stereocenters. The summed E-state index contributed by atoms with van der Waals surface area (Å²) in [7, 11) is 0. The molecule has 0 spiro atoms. The summed E-state index contributed by atoms with van der Waals surface area (Å²) in [5.41, 5.74) is 1.68. The Hall–Kier alpha value is -1.74. The number of hydrogen-bond donors (Lipinski definition) is 0. The van der Waals surface area contributed by atoms with Crippen LogP contribution >= 0.6 is 11.6 Å². The monoisotopic (exact) mass is 279 g/mol. The van der Waals surface area contributed by atoms with Crippen LogP contribution in [0.5, 0.6) is 0 Å². The van der Waals surface area contributed by atoms with E-state index in [1.807, 2.05) is 18.2 Å². The molecule has 0 aliphatic rings. The molecule has 0 aliphatic heterocycles. The van der Waals surface area contributed by atoms with Crippen LogP contribution in [-0.2, 0) is 6.54 Å². The molecule has 4 heteroatoms. The zero-order valence-electron chi connectivity index (χ0n) is 10.3. The Morgan fingerprint density at radius 3 is 2.63 bits per heavy atom. The van der Waals surface area contributed by atoms with Gasteiger partial charge in [0.25, 0.3) is 0 Å². The highest BCUT2D eigenvalue weighted by molar-refractivity contribution is 6.31. The van der Waals surface area contributed by atoms with Gasteiger partial charge in [-0.1, -0.05) is 29.8 Å². The van der Waals surface area contributed by atoms with Crippen LogP contribution in [0.3, 0.4) is 0 Å². The normalized spacial score (nSPS) is 11.2. The first kappa shape index (κ1) is 13.7. The van der Waals surface area contributed by atoms with Crippen LogP contribution < -0.4 is 0 Å². The lowest BCUT2D eigenvalue weighted by Crippen LogP contribution is -1.95. The van der Waals surface area contributed by atoms with E-state index in [0.717, 1.165) is 11.6 Å². The molecule has 2 aromatic rings. The Labute approximate surface area is 115 Å². The van der Waals surface area contributed by atoms with Gasteiger partial charge in [-0.2, -0.15) is 0 Å². The van der Waals surface area contributed by atoms with Gasteiger partial charge in [0.15, 0.2) is 0 Å². The minimum absolute atomic E-state index is 0.299. The van der Waals surface area contributed by atoms with Crippen molar-refractivity contribution < 1.29 is 8.78 Å². The number of aryl methyl sites for hydroxylation is 1.